The van der Waals surface area contributed by atoms with Gasteiger partial charge in [0.2, 0.25) is 5.82 Å². The Kier molecular flexibility index (Phi) is 3.76. The Balaban J connectivity index is 1.78. The van der Waals surface area contributed by atoms with Gasteiger partial charge < -0.3 is 13.8 Å². The molecule has 0 amide bonds. The molecule has 0 radical (unpaired) electrons. The summed E-state index contributed by atoms with van der Waals surface area (Å²) in [6.45, 7) is 1.70. The number of hydrogen-bond acceptors (Lipinski definition) is 6. The summed E-state index contributed by atoms with van der Waals surface area (Å²) in [5, 5.41) is 4.06. The fourth-order valence-electron chi connectivity index (χ4n) is 2.83. The summed E-state index contributed by atoms with van der Waals surface area (Å²) in [5.74, 6) is 1.58. The molecule has 0 aliphatic rings. The number of fused-ring (bicyclic) bond motifs is 1. The number of ether oxygens (including phenoxy) is 1. The van der Waals surface area contributed by atoms with Gasteiger partial charge in [0.1, 0.15) is 11.4 Å². The first-order valence-corrected chi connectivity index (χ1v) is 8.03. The van der Waals surface area contributed by atoms with E-state index in [2.05, 4.69) is 15.1 Å². The monoisotopic (exact) mass is 348 g/mol. The Morgan fingerprint density at radius 2 is 1.92 bits per heavy atom. The molecule has 130 valence electrons. The maximum absolute atomic E-state index is 12.0. The van der Waals surface area contributed by atoms with E-state index in [0.29, 0.717) is 28.7 Å². The lowest BCUT2D eigenvalue weighted by Crippen LogP contribution is -2.20. The zero-order valence-corrected chi connectivity index (χ0v) is 14.6. The molecule has 7 nitrogen and oxygen atoms in total. The van der Waals surface area contributed by atoms with Crippen LogP contribution < -0.4 is 10.3 Å². The first-order chi connectivity index (χ1) is 12.6. The normalized spacial score (nSPS) is 11.0. The van der Waals surface area contributed by atoms with Crippen molar-refractivity contribution < 1.29 is 9.26 Å². The van der Waals surface area contributed by atoms with E-state index < -0.39 is 0 Å². The van der Waals surface area contributed by atoms with Gasteiger partial charge in [-0.3, -0.25) is 4.79 Å². The van der Waals surface area contributed by atoms with Gasteiger partial charge >= 0.3 is 0 Å². The lowest BCUT2D eigenvalue weighted by atomic mass is 10.1. The number of aromatic nitrogens is 4. The number of aryl methyl sites for hydroxylation is 2. The van der Waals surface area contributed by atoms with Crippen molar-refractivity contribution >= 4 is 11.0 Å². The van der Waals surface area contributed by atoms with Crippen LogP contribution in [0.5, 0.6) is 5.75 Å². The van der Waals surface area contributed by atoms with Crippen molar-refractivity contribution in [2.45, 2.75) is 6.92 Å². The maximum Gasteiger partial charge on any atom is 0.272 e. The second kappa shape index (κ2) is 6.11. The SMILES string of the molecule is COc1cccc(-c2nc(-c3ccc4c(c3)nc(C)c(=O)n4C)no2)c1. The van der Waals surface area contributed by atoms with E-state index in [9.17, 15) is 4.79 Å². The molecule has 0 saturated heterocycles. The Bertz CT molecular complexity index is 1180. The first-order valence-electron chi connectivity index (χ1n) is 8.03. The van der Waals surface area contributed by atoms with E-state index in [1.807, 2.05) is 42.5 Å². The van der Waals surface area contributed by atoms with E-state index in [-0.39, 0.29) is 5.56 Å². The topological polar surface area (TPSA) is 83.0 Å². The van der Waals surface area contributed by atoms with Gasteiger partial charge in [0.15, 0.2) is 0 Å². The zero-order chi connectivity index (χ0) is 18.3. The average Bonchev–Trinajstić information content (AvgIpc) is 3.16. The fraction of sp³-hybridized carbons (Fsp3) is 0.158. The highest BCUT2D eigenvalue weighted by molar-refractivity contribution is 5.80. The summed E-state index contributed by atoms with van der Waals surface area (Å²) in [7, 11) is 3.34. The molecule has 0 spiro atoms. The van der Waals surface area contributed by atoms with Crippen LogP contribution >= 0.6 is 0 Å². The van der Waals surface area contributed by atoms with Gasteiger partial charge in [0.05, 0.1) is 18.1 Å². The minimum Gasteiger partial charge on any atom is -0.497 e. The molecule has 0 atom stereocenters. The smallest absolute Gasteiger partial charge is 0.272 e. The Labute approximate surface area is 148 Å². The van der Waals surface area contributed by atoms with Crippen LogP contribution in [0.15, 0.2) is 51.8 Å². The standard InChI is InChI=1S/C19H16N4O3/c1-11-19(24)23(2)16-8-7-12(10-15(16)20-11)17-21-18(26-22-17)13-5-4-6-14(9-13)25-3/h4-10H,1-3H3. The molecule has 0 saturated carbocycles. The molecule has 2 aromatic carbocycles. The largest absolute Gasteiger partial charge is 0.497 e. The summed E-state index contributed by atoms with van der Waals surface area (Å²) in [6, 6.07) is 12.9. The molecule has 0 aliphatic carbocycles. The van der Waals surface area contributed by atoms with Crippen LogP contribution in [-0.2, 0) is 7.05 Å². The summed E-state index contributed by atoms with van der Waals surface area (Å²) in [5.41, 5.74) is 3.34. The fourth-order valence-corrected chi connectivity index (χ4v) is 2.83. The van der Waals surface area contributed by atoms with Crippen molar-refractivity contribution in [2.75, 3.05) is 7.11 Å². The highest BCUT2D eigenvalue weighted by atomic mass is 16.5. The second-order valence-corrected chi connectivity index (χ2v) is 5.92. The third-order valence-corrected chi connectivity index (χ3v) is 4.24. The van der Waals surface area contributed by atoms with E-state index in [4.69, 9.17) is 9.26 Å². The Morgan fingerprint density at radius 1 is 1.08 bits per heavy atom. The van der Waals surface area contributed by atoms with Gasteiger partial charge in [0.25, 0.3) is 11.4 Å². The lowest BCUT2D eigenvalue weighted by Gasteiger charge is -2.06. The molecule has 26 heavy (non-hydrogen) atoms. The summed E-state index contributed by atoms with van der Waals surface area (Å²) in [4.78, 5) is 20.8. The van der Waals surface area contributed by atoms with Crippen LogP contribution in [0.25, 0.3) is 33.9 Å². The van der Waals surface area contributed by atoms with E-state index >= 15 is 0 Å². The first kappa shape index (κ1) is 16.0. The molecule has 0 N–H and O–H groups in total. The van der Waals surface area contributed by atoms with E-state index in [1.54, 1.807) is 25.6 Å². The summed E-state index contributed by atoms with van der Waals surface area (Å²) >= 11 is 0. The Hall–Kier alpha value is -3.48. The van der Waals surface area contributed by atoms with Crippen LogP contribution in [0.4, 0.5) is 0 Å². The van der Waals surface area contributed by atoms with Crippen molar-refractivity contribution in [3.05, 3.63) is 58.5 Å². The minimum atomic E-state index is -0.106. The third kappa shape index (κ3) is 2.63. The molecule has 2 aromatic heterocycles. The van der Waals surface area contributed by atoms with Crippen LogP contribution in [0, 0.1) is 6.92 Å². The average molecular weight is 348 g/mol. The summed E-state index contributed by atoms with van der Waals surface area (Å²) in [6.07, 6.45) is 0. The van der Waals surface area contributed by atoms with E-state index in [0.717, 1.165) is 16.6 Å². The van der Waals surface area contributed by atoms with Crippen LogP contribution in [0.1, 0.15) is 5.69 Å². The molecule has 7 heteroatoms. The van der Waals surface area contributed by atoms with Crippen molar-refractivity contribution in [3.8, 4) is 28.6 Å². The number of methoxy groups -OCH3 is 1. The minimum absolute atomic E-state index is 0.106. The van der Waals surface area contributed by atoms with Gasteiger partial charge in [-0.25, -0.2) is 4.98 Å². The van der Waals surface area contributed by atoms with Crippen molar-refractivity contribution in [2.24, 2.45) is 7.05 Å². The lowest BCUT2D eigenvalue weighted by molar-refractivity contribution is 0.413. The third-order valence-electron chi connectivity index (χ3n) is 4.24. The Morgan fingerprint density at radius 3 is 2.73 bits per heavy atom. The molecular weight excluding hydrogens is 332 g/mol. The van der Waals surface area contributed by atoms with Crippen LogP contribution in [-0.4, -0.2) is 26.8 Å². The quantitative estimate of drug-likeness (QED) is 0.566. The second-order valence-electron chi connectivity index (χ2n) is 5.92. The predicted molar refractivity (Wildman–Crippen MR) is 97.0 cm³/mol. The van der Waals surface area contributed by atoms with Gasteiger partial charge in [-0.2, -0.15) is 4.98 Å². The molecular formula is C19H16N4O3. The number of hydrogen-bond donors (Lipinski definition) is 0. The molecule has 4 rings (SSSR count). The maximum atomic E-state index is 12.0. The van der Waals surface area contributed by atoms with Gasteiger partial charge in [-0.1, -0.05) is 11.2 Å². The molecule has 4 aromatic rings. The number of rotatable bonds is 3. The molecule has 0 unspecified atom stereocenters. The summed E-state index contributed by atoms with van der Waals surface area (Å²) < 4.78 is 12.2. The molecule has 2 heterocycles. The zero-order valence-electron chi connectivity index (χ0n) is 14.6. The van der Waals surface area contributed by atoms with Crippen LogP contribution in [0.2, 0.25) is 0 Å². The van der Waals surface area contributed by atoms with Crippen molar-refractivity contribution in [3.63, 3.8) is 0 Å². The van der Waals surface area contributed by atoms with Crippen molar-refractivity contribution in [1.29, 1.82) is 0 Å². The molecule has 0 aliphatic heterocycles. The van der Waals surface area contributed by atoms with Crippen LogP contribution in [0.3, 0.4) is 0 Å². The number of nitrogens with zero attached hydrogens (tertiary/aromatic N) is 4. The predicted octanol–water partition coefficient (Wildman–Crippen LogP) is 2.97. The van der Waals surface area contributed by atoms with Gasteiger partial charge in [0, 0.05) is 18.2 Å². The highest BCUT2D eigenvalue weighted by Crippen LogP contribution is 2.26. The van der Waals surface area contributed by atoms with E-state index in [1.165, 1.54) is 0 Å². The van der Waals surface area contributed by atoms with Crippen molar-refractivity contribution in [1.82, 2.24) is 19.7 Å². The molecule has 0 bridgehead atoms. The van der Waals surface area contributed by atoms with Gasteiger partial charge in [-0.05, 0) is 43.3 Å². The van der Waals surface area contributed by atoms with Gasteiger partial charge in [-0.15, -0.1) is 0 Å². The molecule has 0 fully saturated rings. The highest BCUT2D eigenvalue weighted by Gasteiger charge is 2.13. The number of benzene rings is 2.